The van der Waals surface area contributed by atoms with Gasteiger partial charge in [0.1, 0.15) is 28.7 Å². The number of rotatable bonds is 9. The lowest BCUT2D eigenvalue weighted by molar-refractivity contribution is -0.127. The van der Waals surface area contributed by atoms with Crippen molar-refractivity contribution in [1.29, 1.82) is 5.26 Å². The first-order chi connectivity index (χ1) is 19.3. The van der Waals surface area contributed by atoms with E-state index in [1.165, 1.54) is 0 Å². The number of ether oxygens (including phenoxy) is 2. The van der Waals surface area contributed by atoms with Crippen molar-refractivity contribution < 1.29 is 19.1 Å². The quantitative estimate of drug-likeness (QED) is 0.306. The predicted molar refractivity (Wildman–Crippen MR) is 149 cm³/mol. The number of fused-ring (bicyclic) bond motifs is 1. The number of benzene rings is 1. The van der Waals surface area contributed by atoms with Gasteiger partial charge in [-0.15, -0.1) is 0 Å². The molecule has 1 saturated heterocycles. The summed E-state index contributed by atoms with van der Waals surface area (Å²) in [6, 6.07) is 7.25. The van der Waals surface area contributed by atoms with E-state index < -0.39 is 5.91 Å². The van der Waals surface area contributed by atoms with Crippen LogP contribution in [0.1, 0.15) is 36.0 Å². The van der Waals surface area contributed by atoms with E-state index in [1.807, 2.05) is 11.9 Å². The van der Waals surface area contributed by atoms with Crippen LogP contribution in [0.15, 0.2) is 42.2 Å². The van der Waals surface area contributed by atoms with Crippen molar-refractivity contribution in [2.24, 2.45) is 11.7 Å². The van der Waals surface area contributed by atoms with Crippen molar-refractivity contribution in [3.05, 3.63) is 47.8 Å². The summed E-state index contributed by atoms with van der Waals surface area (Å²) in [5.74, 6) is 1.28. The maximum absolute atomic E-state index is 13.2. The minimum atomic E-state index is -0.684. The summed E-state index contributed by atoms with van der Waals surface area (Å²) in [5.41, 5.74) is 7.07. The Hall–Kier alpha value is -4.79. The molecule has 3 N–H and O–H groups in total. The molecule has 12 nitrogen and oxygen atoms in total. The lowest BCUT2D eigenvalue weighted by atomic mass is 10.0. The smallest absolute Gasteiger partial charge is 0.264 e. The van der Waals surface area contributed by atoms with Crippen molar-refractivity contribution in [3.63, 3.8) is 0 Å². The van der Waals surface area contributed by atoms with Gasteiger partial charge in [-0.25, -0.2) is 4.98 Å². The Morgan fingerprint density at radius 2 is 1.93 bits per heavy atom. The molecule has 0 bridgehead atoms. The van der Waals surface area contributed by atoms with Crippen LogP contribution in [0, 0.1) is 17.2 Å². The number of imidazole rings is 1. The summed E-state index contributed by atoms with van der Waals surface area (Å²) in [5, 5.41) is 12.8. The molecule has 1 aliphatic carbocycles. The third kappa shape index (κ3) is 5.36. The number of nitrogens with two attached hydrogens (primary N) is 1. The first-order valence-corrected chi connectivity index (χ1v) is 13.1. The minimum absolute atomic E-state index is 0.0825. The average Bonchev–Trinajstić information content (AvgIpc) is 3.67. The van der Waals surface area contributed by atoms with Gasteiger partial charge in [0.25, 0.3) is 11.8 Å². The van der Waals surface area contributed by atoms with E-state index in [9.17, 15) is 14.9 Å². The van der Waals surface area contributed by atoms with Gasteiger partial charge in [-0.3, -0.25) is 14.0 Å². The molecule has 2 aliphatic rings. The van der Waals surface area contributed by atoms with Crippen molar-refractivity contribution in [2.45, 2.75) is 31.7 Å². The Balaban J connectivity index is 1.49. The zero-order valence-corrected chi connectivity index (χ0v) is 22.8. The summed E-state index contributed by atoms with van der Waals surface area (Å²) in [6.45, 7) is 1.02. The number of likely N-dealkylation sites (N-methyl/N-ethyl adjacent to an activating group) is 1. The number of anilines is 3. The number of nitrogens with zero attached hydrogens (tertiary/aromatic N) is 6. The molecule has 2 amide bonds. The van der Waals surface area contributed by atoms with Crippen LogP contribution in [-0.4, -0.2) is 71.5 Å². The van der Waals surface area contributed by atoms with Crippen LogP contribution in [-0.2, 0) is 4.79 Å². The number of piperidine rings is 1. The normalized spacial score (nSPS) is 17.3. The lowest BCUT2D eigenvalue weighted by Crippen LogP contribution is -2.49. The summed E-state index contributed by atoms with van der Waals surface area (Å²) in [4.78, 5) is 38.7. The van der Waals surface area contributed by atoms with E-state index in [4.69, 9.17) is 20.2 Å². The van der Waals surface area contributed by atoms with Crippen LogP contribution in [0.3, 0.4) is 0 Å². The Morgan fingerprint density at radius 3 is 2.55 bits per heavy atom. The molecule has 40 heavy (non-hydrogen) atoms. The Morgan fingerprint density at radius 1 is 1.20 bits per heavy atom. The zero-order chi connectivity index (χ0) is 28.4. The van der Waals surface area contributed by atoms with Crippen molar-refractivity contribution in [2.75, 3.05) is 44.6 Å². The first-order valence-electron chi connectivity index (χ1n) is 13.1. The molecular formula is C28H32N8O4. The number of carbonyl (C=O) groups is 2. The van der Waals surface area contributed by atoms with Crippen molar-refractivity contribution >= 4 is 34.9 Å². The summed E-state index contributed by atoms with van der Waals surface area (Å²) < 4.78 is 12.5. The van der Waals surface area contributed by atoms with Gasteiger partial charge in [0.05, 0.1) is 14.2 Å². The number of hydrogen-bond acceptors (Lipinski definition) is 9. The number of allylic oxidation sites excluding steroid dienone is 1. The number of nitriles is 1. The highest BCUT2D eigenvalue weighted by Crippen LogP contribution is 2.33. The molecule has 12 heteroatoms. The van der Waals surface area contributed by atoms with Gasteiger partial charge >= 0.3 is 0 Å². The molecule has 0 spiro atoms. The largest absolute Gasteiger partial charge is 0.497 e. The van der Waals surface area contributed by atoms with Crippen molar-refractivity contribution in [3.8, 4) is 17.6 Å². The van der Waals surface area contributed by atoms with E-state index in [0.717, 1.165) is 25.7 Å². The third-order valence-corrected chi connectivity index (χ3v) is 7.31. The second-order valence-electron chi connectivity index (χ2n) is 10.0. The van der Waals surface area contributed by atoms with E-state index >= 15 is 0 Å². The number of hydrogen-bond donors (Lipinski definition) is 2. The molecular weight excluding hydrogens is 512 g/mol. The number of primary amides is 1. The maximum atomic E-state index is 13.2. The van der Waals surface area contributed by atoms with Gasteiger partial charge in [0.2, 0.25) is 5.95 Å². The highest BCUT2D eigenvalue weighted by atomic mass is 16.5. The summed E-state index contributed by atoms with van der Waals surface area (Å²) in [7, 11) is 5.00. The van der Waals surface area contributed by atoms with Crippen LogP contribution >= 0.6 is 0 Å². The molecule has 2 aromatic heterocycles. The van der Waals surface area contributed by atoms with Gasteiger partial charge in [0, 0.05) is 62.5 Å². The fraction of sp³-hybridized carbons (Fsp3) is 0.393. The average molecular weight is 545 g/mol. The van der Waals surface area contributed by atoms with Gasteiger partial charge in [-0.1, -0.05) is 6.08 Å². The molecule has 0 radical (unpaired) electrons. The number of methoxy groups -OCH3 is 2. The van der Waals surface area contributed by atoms with Gasteiger partial charge in [0.15, 0.2) is 11.5 Å². The third-order valence-electron chi connectivity index (χ3n) is 7.31. The predicted octanol–water partition coefficient (Wildman–Crippen LogP) is 2.88. The number of amides is 2. The molecule has 208 valence electrons. The monoisotopic (exact) mass is 544 g/mol. The highest BCUT2D eigenvalue weighted by molar-refractivity contribution is 6.04. The second-order valence-corrected chi connectivity index (χ2v) is 10.0. The molecule has 3 heterocycles. The lowest BCUT2D eigenvalue weighted by Gasteiger charge is -2.38. The van der Waals surface area contributed by atoms with E-state index in [1.54, 1.807) is 60.2 Å². The molecule has 5 rings (SSSR count). The molecule has 2 fully saturated rings. The van der Waals surface area contributed by atoms with E-state index in [2.05, 4.69) is 16.4 Å². The SMILES string of the molecule is COc1cc(Nc2nc(N(C)C3CCCN(C(=O)C(C#N)=CC4CC4)C3)n3ccnc3c2C(N)=O)cc(OC)c1. The Labute approximate surface area is 232 Å². The van der Waals surface area contributed by atoms with Gasteiger partial charge in [-0.2, -0.15) is 10.2 Å². The fourth-order valence-electron chi connectivity index (χ4n) is 4.99. The molecule has 1 atom stereocenters. The Kier molecular flexibility index (Phi) is 7.46. The molecule has 3 aromatic rings. The molecule has 1 aliphatic heterocycles. The first kappa shape index (κ1) is 26.8. The topological polar surface area (TPSA) is 151 Å². The fourth-order valence-corrected chi connectivity index (χ4v) is 4.99. The second kappa shape index (κ2) is 11.1. The number of likely N-dealkylation sites (tertiary alicyclic amines) is 1. The van der Waals surface area contributed by atoms with E-state index in [0.29, 0.717) is 47.8 Å². The summed E-state index contributed by atoms with van der Waals surface area (Å²) in [6.07, 6.45) is 8.76. The van der Waals surface area contributed by atoms with Crippen LogP contribution in [0.5, 0.6) is 11.5 Å². The standard InChI is InChI=1S/C28H32N8O4/c1-34(20-5-4-9-35(16-20)27(38)18(15-29)11-17-6-7-17)28-33-25(23(24(30)37)26-31-8-10-36(26)28)32-19-12-21(39-2)14-22(13-19)40-3/h8,10-14,17,20,32H,4-7,9,16H2,1-3H3,(H2,30,37). The number of carbonyl (C=O) groups excluding carboxylic acids is 2. The number of aromatic nitrogens is 3. The molecule has 1 aromatic carbocycles. The van der Waals surface area contributed by atoms with Crippen LogP contribution in [0.4, 0.5) is 17.5 Å². The van der Waals surface area contributed by atoms with Gasteiger partial charge in [-0.05, 0) is 31.6 Å². The Bertz CT molecular complexity index is 1500. The van der Waals surface area contributed by atoms with Crippen molar-refractivity contribution in [1.82, 2.24) is 19.3 Å². The molecule has 1 unspecified atom stereocenters. The van der Waals surface area contributed by atoms with E-state index in [-0.39, 0.29) is 28.9 Å². The van der Waals surface area contributed by atoms with Crippen LogP contribution in [0.2, 0.25) is 0 Å². The minimum Gasteiger partial charge on any atom is -0.497 e. The molecule has 1 saturated carbocycles. The number of nitrogens with one attached hydrogen (secondary N) is 1. The van der Waals surface area contributed by atoms with Crippen LogP contribution in [0.25, 0.3) is 5.65 Å². The zero-order valence-electron chi connectivity index (χ0n) is 22.8. The summed E-state index contributed by atoms with van der Waals surface area (Å²) >= 11 is 0. The maximum Gasteiger partial charge on any atom is 0.264 e. The van der Waals surface area contributed by atoms with Crippen LogP contribution < -0.4 is 25.4 Å². The highest BCUT2D eigenvalue weighted by Gasteiger charge is 2.32. The van der Waals surface area contributed by atoms with Gasteiger partial charge < -0.3 is 30.3 Å².